The van der Waals surface area contributed by atoms with Gasteiger partial charge in [0.25, 0.3) is 6.43 Å². The van der Waals surface area contributed by atoms with Gasteiger partial charge in [-0.2, -0.15) is 0 Å². The van der Waals surface area contributed by atoms with E-state index in [1.807, 2.05) is 11.0 Å². The monoisotopic (exact) mass is 342 g/mol. The Hall–Kier alpha value is -1.67. The fourth-order valence-corrected chi connectivity index (χ4v) is 3.38. The minimum atomic E-state index is -2.58. The van der Waals surface area contributed by atoms with Crippen molar-refractivity contribution >= 4 is 16.5 Å². The SMILES string of the molecule is Fc1ccccc1CN1CCCN(c2nnc(C(F)F)s2)CC1. The molecule has 124 valence electrons. The van der Waals surface area contributed by atoms with E-state index in [-0.39, 0.29) is 10.8 Å². The van der Waals surface area contributed by atoms with E-state index in [4.69, 9.17) is 0 Å². The molecule has 23 heavy (non-hydrogen) atoms. The van der Waals surface area contributed by atoms with Crippen LogP contribution in [0.4, 0.5) is 18.3 Å². The van der Waals surface area contributed by atoms with Gasteiger partial charge in [-0.25, -0.2) is 13.2 Å². The van der Waals surface area contributed by atoms with Crippen molar-refractivity contribution in [2.75, 3.05) is 31.1 Å². The summed E-state index contributed by atoms with van der Waals surface area (Å²) in [5.74, 6) is -0.195. The molecule has 2 heterocycles. The minimum Gasteiger partial charge on any atom is -0.345 e. The highest BCUT2D eigenvalue weighted by Gasteiger charge is 2.21. The van der Waals surface area contributed by atoms with Crippen molar-refractivity contribution in [1.82, 2.24) is 15.1 Å². The fourth-order valence-electron chi connectivity index (χ4n) is 2.63. The molecular formula is C15H17F3N4S. The van der Waals surface area contributed by atoms with Gasteiger partial charge in [0.05, 0.1) is 0 Å². The lowest BCUT2D eigenvalue weighted by Gasteiger charge is -2.21. The van der Waals surface area contributed by atoms with Crippen LogP contribution < -0.4 is 4.90 Å². The van der Waals surface area contributed by atoms with Gasteiger partial charge in [-0.05, 0) is 12.5 Å². The summed E-state index contributed by atoms with van der Waals surface area (Å²) < 4.78 is 39.0. The largest absolute Gasteiger partial charge is 0.345 e. The molecule has 1 aliphatic rings. The van der Waals surface area contributed by atoms with E-state index in [2.05, 4.69) is 15.1 Å². The van der Waals surface area contributed by atoms with Crippen LogP contribution >= 0.6 is 11.3 Å². The first kappa shape index (κ1) is 16.2. The van der Waals surface area contributed by atoms with Crippen LogP contribution in [0.15, 0.2) is 24.3 Å². The first-order valence-corrected chi connectivity index (χ1v) is 8.27. The summed E-state index contributed by atoms with van der Waals surface area (Å²) in [5, 5.41) is 7.69. The van der Waals surface area contributed by atoms with Crippen LogP contribution in [0.3, 0.4) is 0 Å². The summed E-state index contributed by atoms with van der Waals surface area (Å²) in [4.78, 5) is 4.15. The maximum Gasteiger partial charge on any atom is 0.291 e. The van der Waals surface area contributed by atoms with Crippen LogP contribution in [0.25, 0.3) is 0 Å². The summed E-state index contributed by atoms with van der Waals surface area (Å²) >= 11 is 0.940. The van der Waals surface area contributed by atoms with E-state index >= 15 is 0 Å². The Morgan fingerprint density at radius 2 is 1.91 bits per heavy atom. The van der Waals surface area contributed by atoms with E-state index in [0.29, 0.717) is 23.8 Å². The number of nitrogens with zero attached hydrogens (tertiary/aromatic N) is 4. The molecule has 0 spiro atoms. The number of aromatic nitrogens is 2. The molecule has 3 rings (SSSR count). The average Bonchev–Trinajstić information content (AvgIpc) is 2.91. The molecule has 4 nitrogen and oxygen atoms in total. The molecule has 0 atom stereocenters. The lowest BCUT2D eigenvalue weighted by Crippen LogP contribution is -2.30. The Balaban J connectivity index is 1.61. The normalized spacial score (nSPS) is 16.8. The minimum absolute atomic E-state index is 0.195. The number of hydrogen-bond acceptors (Lipinski definition) is 5. The van der Waals surface area contributed by atoms with Gasteiger partial charge < -0.3 is 4.90 Å². The van der Waals surface area contributed by atoms with Crippen molar-refractivity contribution in [3.63, 3.8) is 0 Å². The van der Waals surface area contributed by atoms with Gasteiger partial charge in [0.15, 0.2) is 5.01 Å². The number of rotatable bonds is 4. The number of halogens is 3. The highest BCUT2D eigenvalue weighted by atomic mass is 32.1. The molecular weight excluding hydrogens is 325 g/mol. The Labute approximate surface area is 136 Å². The quantitative estimate of drug-likeness (QED) is 0.853. The van der Waals surface area contributed by atoms with Gasteiger partial charge >= 0.3 is 0 Å². The first-order chi connectivity index (χ1) is 11.1. The Morgan fingerprint density at radius 3 is 2.65 bits per heavy atom. The Kier molecular flexibility index (Phi) is 5.12. The second kappa shape index (κ2) is 7.27. The zero-order chi connectivity index (χ0) is 16.2. The molecule has 1 aliphatic heterocycles. The number of hydrogen-bond donors (Lipinski definition) is 0. The fraction of sp³-hybridized carbons (Fsp3) is 0.467. The van der Waals surface area contributed by atoms with E-state index in [1.165, 1.54) is 6.07 Å². The van der Waals surface area contributed by atoms with Gasteiger partial charge in [0.2, 0.25) is 5.13 Å². The van der Waals surface area contributed by atoms with Crippen LogP contribution in [0.1, 0.15) is 23.4 Å². The molecule has 0 bridgehead atoms. The molecule has 0 aliphatic carbocycles. The van der Waals surface area contributed by atoms with Crippen LogP contribution in [0.2, 0.25) is 0 Å². The molecule has 8 heteroatoms. The van der Waals surface area contributed by atoms with E-state index < -0.39 is 6.43 Å². The van der Waals surface area contributed by atoms with Crippen LogP contribution in [0, 0.1) is 5.82 Å². The molecule has 1 aromatic carbocycles. The number of alkyl halides is 2. The molecule has 0 unspecified atom stereocenters. The predicted molar refractivity (Wildman–Crippen MR) is 83.4 cm³/mol. The van der Waals surface area contributed by atoms with Crippen molar-refractivity contribution in [3.05, 3.63) is 40.7 Å². The molecule has 0 saturated carbocycles. The van der Waals surface area contributed by atoms with E-state index in [0.717, 1.165) is 37.4 Å². The molecule has 1 aromatic heterocycles. The van der Waals surface area contributed by atoms with Gasteiger partial charge in [-0.3, -0.25) is 4.90 Å². The second-order valence-corrected chi connectivity index (χ2v) is 6.42. The average molecular weight is 342 g/mol. The predicted octanol–water partition coefficient (Wildman–Crippen LogP) is 3.33. The lowest BCUT2D eigenvalue weighted by atomic mass is 10.2. The molecule has 2 aromatic rings. The van der Waals surface area contributed by atoms with Gasteiger partial charge in [0, 0.05) is 38.3 Å². The van der Waals surface area contributed by atoms with Crippen molar-refractivity contribution < 1.29 is 13.2 Å². The summed E-state index contributed by atoms with van der Waals surface area (Å²) in [6.45, 7) is 3.54. The Bertz CT molecular complexity index is 649. The van der Waals surface area contributed by atoms with Gasteiger partial charge in [0.1, 0.15) is 5.82 Å². The summed E-state index contributed by atoms with van der Waals surface area (Å²) in [5.41, 5.74) is 0.678. The zero-order valence-electron chi connectivity index (χ0n) is 12.5. The topological polar surface area (TPSA) is 32.3 Å². The smallest absolute Gasteiger partial charge is 0.291 e. The maximum absolute atomic E-state index is 13.7. The van der Waals surface area contributed by atoms with E-state index in [1.54, 1.807) is 12.1 Å². The zero-order valence-corrected chi connectivity index (χ0v) is 13.3. The van der Waals surface area contributed by atoms with E-state index in [9.17, 15) is 13.2 Å². The highest BCUT2D eigenvalue weighted by Crippen LogP contribution is 2.28. The van der Waals surface area contributed by atoms with Crippen LogP contribution in [-0.2, 0) is 6.54 Å². The molecule has 0 amide bonds. The highest BCUT2D eigenvalue weighted by molar-refractivity contribution is 7.15. The third kappa shape index (κ3) is 4.00. The summed E-state index contributed by atoms with van der Waals surface area (Å²) in [7, 11) is 0. The van der Waals surface area contributed by atoms with Crippen molar-refractivity contribution in [2.24, 2.45) is 0 Å². The Morgan fingerprint density at radius 1 is 1.09 bits per heavy atom. The first-order valence-electron chi connectivity index (χ1n) is 7.46. The molecule has 1 saturated heterocycles. The van der Waals surface area contributed by atoms with Crippen molar-refractivity contribution in [2.45, 2.75) is 19.4 Å². The number of anilines is 1. The van der Waals surface area contributed by atoms with Gasteiger partial charge in [-0.15, -0.1) is 10.2 Å². The maximum atomic E-state index is 13.7. The van der Waals surface area contributed by atoms with Crippen molar-refractivity contribution in [3.8, 4) is 0 Å². The third-order valence-corrected chi connectivity index (χ3v) is 4.82. The van der Waals surface area contributed by atoms with Gasteiger partial charge in [-0.1, -0.05) is 29.5 Å². The van der Waals surface area contributed by atoms with Crippen LogP contribution in [0.5, 0.6) is 0 Å². The summed E-state index contributed by atoms with van der Waals surface area (Å²) in [6, 6.07) is 6.76. The summed E-state index contributed by atoms with van der Waals surface area (Å²) in [6.07, 6.45) is -1.70. The van der Waals surface area contributed by atoms with Crippen molar-refractivity contribution in [1.29, 1.82) is 0 Å². The molecule has 0 N–H and O–H groups in total. The molecule has 0 radical (unpaired) electrons. The lowest BCUT2D eigenvalue weighted by molar-refractivity contribution is 0.150. The molecule has 1 fully saturated rings. The third-order valence-electron chi connectivity index (χ3n) is 3.83. The number of benzene rings is 1. The standard InChI is InChI=1S/C15H17F3N4S/c16-12-5-2-1-4-11(12)10-21-6-3-7-22(9-8-21)15-20-19-14(23-15)13(17)18/h1-2,4-5,13H,3,6-10H2. The van der Waals surface area contributed by atoms with Crippen LogP contribution in [-0.4, -0.2) is 41.3 Å². The second-order valence-electron chi connectivity index (χ2n) is 5.43.